The van der Waals surface area contributed by atoms with Crippen molar-refractivity contribution in [3.8, 4) is 0 Å². The first kappa shape index (κ1) is 37.5. The maximum absolute atomic E-state index is 12.5. The predicted octanol–water partition coefficient (Wildman–Crippen LogP) is -0.213. The fourth-order valence-electron chi connectivity index (χ4n) is 4.99. The number of hydroxylamine groups is 2. The van der Waals surface area contributed by atoms with Gasteiger partial charge in [-0.05, 0) is 19.3 Å². The SMILES string of the molecule is CCC(NC(=O)CCCCC1SCC2NC(=O)NC21)C(=O)NCCOCCOCCOCCOCCC(=O)ON1C(=O)CCC1=O. The molecule has 3 saturated heterocycles. The van der Waals surface area contributed by atoms with Crippen molar-refractivity contribution in [1.29, 1.82) is 0 Å². The van der Waals surface area contributed by atoms with E-state index in [0.717, 1.165) is 25.0 Å². The van der Waals surface area contributed by atoms with Gasteiger partial charge in [0.1, 0.15) is 6.04 Å². The summed E-state index contributed by atoms with van der Waals surface area (Å²) in [5, 5.41) is 12.4. The van der Waals surface area contributed by atoms with Crippen LogP contribution in [0, 0.1) is 0 Å². The molecular formula is C29H47N5O11S. The van der Waals surface area contributed by atoms with Crippen LogP contribution in [0.4, 0.5) is 4.79 Å². The number of nitrogens with one attached hydrogen (secondary N) is 4. The van der Waals surface area contributed by atoms with E-state index in [1.807, 2.05) is 18.7 Å². The van der Waals surface area contributed by atoms with Crippen LogP contribution in [0.3, 0.4) is 0 Å². The fraction of sp³-hybridized carbons (Fsp3) is 0.793. The lowest BCUT2D eigenvalue weighted by Crippen LogP contribution is -2.47. The third kappa shape index (κ3) is 13.4. The van der Waals surface area contributed by atoms with Crippen molar-refractivity contribution in [3.05, 3.63) is 0 Å². The number of hydrogen-bond donors (Lipinski definition) is 4. The molecular weight excluding hydrogens is 626 g/mol. The zero-order chi connectivity index (χ0) is 33.1. The molecule has 4 N–H and O–H groups in total. The molecule has 17 heteroatoms. The highest BCUT2D eigenvalue weighted by molar-refractivity contribution is 8.00. The second-order valence-corrected chi connectivity index (χ2v) is 12.2. The van der Waals surface area contributed by atoms with Crippen molar-refractivity contribution in [2.45, 2.75) is 81.7 Å². The molecule has 3 aliphatic heterocycles. The lowest BCUT2D eigenvalue weighted by molar-refractivity contribution is -0.198. The number of amides is 6. The van der Waals surface area contributed by atoms with Gasteiger partial charge in [0, 0.05) is 36.8 Å². The number of imide groups is 1. The monoisotopic (exact) mass is 673 g/mol. The molecule has 260 valence electrons. The Hall–Kier alpha value is -2.99. The van der Waals surface area contributed by atoms with Gasteiger partial charge in [0.05, 0.1) is 71.4 Å². The molecule has 0 aromatic carbocycles. The molecule has 0 bridgehead atoms. The number of thioether (sulfide) groups is 1. The first-order valence-electron chi connectivity index (χ1n) is 15.9. The summed E-state index contributed by atoms with van der Waals surface area (Å²) in [6.07, 6.45) is 3.39. The quantitative estimate of drug-likeness (QED) is 0.0598. The van der Waals surface area contributed by atoms with Crippen molar-refractivity contribution in [3.63, 3.8) is 0 Å². The zero-order valence-electron chi connectivity index (χ0n) is 26.4. The molecule has 0 aromatic rings. The standard InChI is InChI=1S/C29H47N5O11S/c1-2-20(31-23(35)6-4-3-5-22-27-21(19-46-22)32-29(40)33-27)28(39)30-10-12-42-14-16-44-18-17-43-15-13-41-11-9-26(38)45-34-24(36)7-8-25(34)37/h20-22,27H,2-19H2,1H3,(H,30,39)(H,31,35)(H2,32,33,40). The maximum atomic E-state index is 12.5. The third-order valence-corrected chi connectivity index (χ3v) is 8.96. The number of hydrogen-bond acceptors (Lipinski definition) is 12. The van der Waals surface area contributed by atoms with Gasteiger partial charge in [-0.1, -0.05) is 13.3 Å². The number of ether oxygens (including phenoxy) is 4. The smallest absolute Gasteiger partial charge is 0.335 e. The third-order valence-electron chi connectivity index (χ3n) is 7.45. The van der Waals surface area contributed by atoms with Crippen LogP contribution in [0.5, 0.6) is 0 Å². The Balaban J connectivity index is 1.06. The Bertz CT molecular complexity index is 1020. The molecule has 0 radical (unpaired) electrons. The highest BCUT2D eigenvalue weighted by atomic mass is 32.2. The minimum absolute atomic E-state index is 0.0473. The summed E-state index contributed by atoms with van der Waals surface area (Å²) >= 11 is 1.86. The van der Waals surface area contributed by atoms with Gasteiger partial charge in [-0.2, -0.15) is 11.8 Å². The van der Waals surface area contributed by atoms with Gasteiger partial charge >= 0.3 is 12.0 Å². The van der Waals surface area contributed by atoms with Crippen molar-refractivity contribution >= 4 is 47.4 Å². The van der Waals surface area contributed by atoms with E-state index in [2.05, 4.69) is 21.3 Å². The molecule has 3 fully saturated rings. The summed E-state index contributed by atoms with van der Waals surface area (Å²) in [4.78, 5) is 75.5. The van der Waals surface area contributed by atoms with Crippen LogP contribution in [-0.2, 0) is 47.8 Å². The number of carbonyl (C=O) groups is 6. The van der Waals surface area contributed by atoms with Crippen molar-refractivity contribution in [2.75, 3.05) is 65.2 Å². The Kier molecular flexibility index (Phi) is 17.1. The first-order chi connectivity index (χ1) is 22.3. The number of urea groups is 1. The molecule has 0 spiro atoms. The number of carbonyl (C=O) groups excluding carboxylic acids is 6. The van der Waals surface area contributed by atoms with E-state index in [1.165, 1.54) is 0 Å². The minimum Gasteiger partial charge on any atom is -0.378 e. The molecule has 4 atom stereocenters. The van der Waals surface area contributed by atoms with Crippen molar-refractivity contribution in [1.82, 2.24) is 26.3 Å². The molecule has 16 nitrogen and oxygen atoms in total. The molecule has 0 saturated carbocycles. The second kappa shape index (κ2) is 21.0. The summed E-state index contributed by atoms with van der Waals surface area (Å²) in [6.45, 7) is 4.52. The number of unbranched alkanes of at least 4 members (excludes halogenated alkanes) is 1. The summed E-state index contributed by atoms with van der Waals surface area (Å²) in [5.41, 5.74) is 0. The van der Waals surface area contributed by atoms with Crippen molar-refractivity contribution < 1.29 is 52.6 Å². The lowest BCUT2D eigenvalue weighted by Gasteiger charge is -2.18. The summed E-state index contributed by atoms with van der Waals surface area (Å²) in [7, 11) is 0. The Morgan fingerprint density at radius 2 is 1.50 bits per heavy atom. The van der Waals surface area contributed by atoms with Gasteiger partial charge in [-0.15, -0.1) is 5.06 Å². The van der Waals surface area contributed by atoms with Crippen LogP contribution in [0.15, 0.2) is 0 Å². The van der Waals surface area contributed by atoms with Gasteiger partial charge in [-0.25, -0.2) is 9.59 Å². The molecule has 3 aliphatic rings. The Labute approximate surface area is 273 Å². The molecule has 3 rings (SSSR count). The summed E-state index contributed by atoms with van der Waals surface area (Å²) < 4.78 is 21.5. The molecule has 3 heterocycles. The van der Waals surface area contributed by atoms with Crippen LogP contribution >= 0.6 is 11.8 Å². The van der Waals surface area contributed by atoms with Gasteiger partial charge in [0.25, 0.3) is 11.8 Å². The van der Waals surface area contributed by atoms with E-state index in [0.29, 0.717) is 69.3 Å². The van der Waals surface area contributed by atoms with E-state index in [1.54, 1.807) is 0 Å². The lowest BCUT2D eigenvalue weighted by atomic mass is 10.0. The van der Waals surface area contributed by atoms with Gasteiger partial charge < -0.3 is 45.1 Å². The number of nitrogens with zero attached hydrogens (tertiary/aromatic N) is 1. The molecule has 6 amide bonds. The van der Waals surface area contributed by atoms with Crippen molar-refractivity contribution in [2.24, 2.45) is 0 Å². The van der Waals surface area contributed by atoms with Gasteiger partial charge in [0.2, 0.25) is 11.8 Å². The largest absolute Gasteiger partial charge is 0.378 e. The average molecular weight is 674 g/mol. The second-order valence-electron chi connectivity index (χ2n) is 10.9. The molecule has 46 heavy (non-hydrogen) atoms. The fourth-order valence-corrected chi connectivity index (χ4v) is 6.53. The Morgan fingerprint density at radius 3 is 2.15 bits per heavy atom. The highest BCUT2D eigenvalue weighted by Gasteiger charge is 2.42. The van der Waals surface area contributed by atoms with E-state index in [9.17, 15) is 28.8 Å². The van der Waals surface area contributed by atoms with Crippen LogP contribution in [0.2, 0.25) is 0 Å². The normalized spacial score (nSPS) is 21.1. The maximum Gasteiger partial charge on any atom is 0.335 e. The first-order valence-corrected chi connectivity index (χ1v) is 17.0. The van der Waals surface area contributed by atoms with Gasteiger partial charge in [-0.3, -0.25) is 19.2 Å². The van der Waals surface area contributed by atoms with E-state index < -0.39 is 23.8 Å². The molecule has 0 aromatic heterocycles. The van der Waals surface area contributed by atoms with E-state index in [4.69, 9.17) is 23.8 Å². The topological polar surface area (TPSA) is 200 Å². The summed E-state index contributed by atoms with van der Waals surface area (Å²) in [6, 6.07) is -0.327. The van der Waals surface area contributed by atoms with Crippen LogP contribution in [0.1, 0.15) is 58.3 Å². The zero-order valence-corrected chi connectivity index (χ0v) is 27.2. The van der Waals surface area contributed by atoms with Crippen LogP contribution < -0.4 is 21.3 Å². The van der Waals surface area contributed by atoms with Crippen LogP contribution in [0.25, 0.3) is 0 Å². The highest BCUT2D eigenvalue weighted by Crippen LogP contribution is 2.33. The van der Waals surface area contributed by atoms with E-state index >= 15 is 0 Å². The van der Waals surface area contributed by atoms with Crippen LogP contribution in [-0.4, -0.2) is 129 Å². The Morgan fingerprint density at radius 1 is 0.870 bits per heavy atom. The average Bonchev–Trinajstić information content (AvgIpc) is 3.69. The molecule has 4 unspecified atom stereocenters. The van der Waals surface area contributed by atoms with Gasteiger partial charge in [0.15, 0.2) is 0 Å². The molecule has 0 aliphatic carbocycles. The van der Waals surface area contributed by atoms with E-state index in [-0.39, 0.29) is 62.4 Å². The minimum atomic E-state index is -0.715. The predicted molar refractivity (Wildman–Crippen MR) is 164 cm³/mol. The number of fused-ring (bicyclic) bond motifs is 1. The number of rotatable bonds is 24. The summed E-state index contributed by atoms with van der Waals surface area (Å²) in [5.74, 6) is -1.24.